The summed E-state index contributed by atoms with van der Waals surface area (Å²) < 4.78 is 5.16. The Hall–Kier alpha value is -2.61. The van der Waals surface area contributed by atoms with E-state index in [1.54, 1.807) is 53.4 Å². The zero-order valence-corrected chi connectivity index (χ0v) is 18.4. The Balaban J connectivity index is 1.83. The highest BCUT2D eigenvalue weighted by Crippen LogP contribution is 2.33. The topological polar surface area (TPSA) is 61.9 Å². The molecule has 0 spiro atoms. The van der Waals surface area contributed by atoms with Crippen molar-refractivity contribution in [3.8, 4) is 5.75 Å². The van der Waals surface area contributed by atoms with Gasteiger partial charge >= 0.3 is 0 Å². The number of halogens is 2. The second kappa shape index (κ2) is 9.47. The van der Waals surface area contributed by atoms with Gasteiger partial charge in [-0.2, -0.15) is 0 Å². The van der Waals surface area contributed by atoms with E-state index in [2.05, 4.69) is 11.9 Å². The molecule has 0 aromatic heterocycles. The van der Waals surface area contributed by atoms with Crippen LogP contribution in [0.3, 0.4) is 0 Å². The molecule has 2 aromatic rings. The number of nitrogens with zero attached hydrogens (tertiary/aromatic N) is 2. The highest BCUT2D eigenvalue weighted by atomic mass is 35.5. The average Bonchev–Trinajstić information content (AvgIpc) is 2.92. The minimum absolute atomic E-state index is 0.0836. The van der Waals surface area contributed by atoms with Gasteiger partial charge in [-0.05, 0) is 48.6 Å². The molecule has 0 aliphatic carbocycles. The molecule has 2 amide bonds. The Kier molecular flexibility index (Phi) is 6.97. The third kappa shape index (κ3) is 4.59. The Morgan fingerprint density at radius 2 is 2.07 bits per heavy atom. The number of ether oxygens (including phenoxy) is 1. The van der Waals surface area contributed by atoms with Gasteiger partial charge in [-0.15, -0.1) is 6.58 Å². The molecule has 0 saturated carbocycles. The van der Waals surface area contributed by atoms with Crippen molar-refractivity contribution in [3.05, 3.63) is 65.2 Å². The summed E-state index contributed by atoms with van der Waals surface area (Å²) in [5.74, 6) is -0.162. The molecule has 3 rings (SSSR count). The largest absolute Gasteiger partial charge is 0.495 e. The number of nitrogens with one attached hydrogen (secondary N) is 1. The fourth-order valence-corrected chi connectivity index (χ4v) is 4.01. The van der Waals surface area contributed by atoms with Gasteiger partial charge in [-0.3, -0.25) is 14.5 Å². The van der Waals surface area contributed by atoms with E-state index >= 15 is 0 Å². The monoisotopic (exact) mass is 463 g/mol. The molecule has 6 nitrogen and oxygen atoms in total. The van der Waals surface area contributed by atoms with Crippen LogP contribution in [-0.4, -0.2) is 41.5 Å². The summed E-state index contributed by atoms with van der Waals surface area (Å²) in [6.07, 6.45) is 1.55. The summed E-state index contributed by atoms with van der Waals surface area (Å²) in [6.45, 7) is 4.04. The van der Waals surface area contributed by atoms with Gasteiger partial charge in [0.2, 0.25) is 5.91 Å². The van der Waals surface area contributed by atoms with Gasteiger partial charge in [0.05, 0.1) is 24.2 Å². The van der Waals surface area contributed by atoms with Crippen LogP contribution in [0.4, 0.5) is 11.4 Å². The van der Waals surface area contributed by atoms with Crippen molar-refractivity contribution in [1.82, 2.24) is 4.90 Å². The van der Waals surface area contributed by atoms with E-state index in [4.69, 9.17) is 40.2 Å². The van der Waals surface area contributed by atoms with Crippen LogP contribution in [0.1, 0.15) is 6.42 Å². The SMILES string of the molecule is C=CCN1C(=S)N(c2ccc(OC)c(Cl)c2)C(=O)[C@H]1CC(=O)Nc1cccc(Cl)c1. The number of carbonyl (C=O) groups is 2. The highest BCUT2D eigenvalue weighted by molar-refractivity contribution is 7.80. The van der Waals surface area contributed by atoms with Crippen LogP contribution in [0.2, 0.25) is 10.0 Å². The van der Waals surface area contributed by atoms with E-state index in [0.29, 0.717) is 33.7 Å². The number of thiocarbonyl (C=S) groups is 1. The third-order valence-electron chi connectivity index (χ3n) is 4.53. The summed E-state index contributed by atoms with van der Waals surface area (Å²) in [5.41, 5.74) is 1.05. The van der Waals surface area contributed by atoms with Crippen molar-refractivity contribution in [2.24, 2.45) is 0 Å². The van der Waals surface area contributed by atoms with Crippen LogP contribution >= 0.6 is 35.4 Å². The van der Waals surface area contributed by atoms with Crippen LogP contribution < -0.4 is 15.0 Å². The molecule has 1 fully saturated rings. The fraction of sp³-hybridized carbons (Fsp3) is 0.190. The molecule has 1 aliphatic heterocycles. The van der Waals surface area contributed by atoms with Crippen molar-refractivity contribution in [3.63, 3.8) is 0 Å². The molecule has 1 aliphatic rings. The molecule has 156 valence electrons. The van der Waals surface area contributed by atoms with Crippen LogP contribution in [0.5, 0.6) is 5.75 Å². The molecule has 1 saturated heterocycles. The first-order chi connectivity index (χ1) is 14.3. The molecule has 0 unspecified atom stereocenters. The Labute approximate surface area is 190 Å². The number of amides is 2. The number of benzene rings is 2. The second-order valence-electron chi connectivity index (χ2n) is 6.49. The zero-order chi connectivity index (χ0) is 21.8. The zero-order valence-electron chi connectivity index (χ0n) is 16.1. The molecular formula is C21H19Cl2N3O3S. The molecular weight excluding hydrogens is 445 g/mol. The van der Waals surface area contributed by atoms with Gasteiger partial charge in [0.15, 0.2) is 5.11 Å². The number of carbonyl (C=O) groups excluding carboxylic acids is 2. The van der Waals surface area contributed by atoms with Gasteiger partial charge in [-0.1, -0.05) is 35.3 Å². The van der Waals surface area contributed by atoms with Crippen LogP contribution in [0.25, 0.3) is 0 Å². The number of hydrogen-bond donors (Lipinski definition) is 1. The average molecular weight is 464 g/mol. The van der Waals surface area contributed by atoms with E-state index in [9.17, 15) is 9.59 Å². The predicted octanol–water partition coefficient (Wildman–Crippen LogP) is 4.52. The van der Waals surface area contributed by atoms with Crippen molar-refractivity contribution >= 4 is 63.7 Å². The lowest BCUT2D eigenvalue weighted by Crippen LogP contribution is -2.37. The molecule has 1 heterocycles. The molecule has 2 aromatic carbocycles. The lowest BCUT2D eigenvalue weighted by Gasteiger charge is -2.22. The maximum Gasteiger partial charge on any atom is 0.256 e. The smallest absolute Gasteiger partial charge is 0.256 e. The minimum atomic E-state index is -0.768. The van der Waals surface area contributed by atoms with Crippen molar-refractivity contribution in [2.75, 3.05) is 23.9 Å². The molecule has 1 atom stereocenters. The number of anilines is 2. The quantitative estimate of drug-likeness (QED) is 0.483. The standard InChI is InChI=1S/C21H19Cl2N3O3S/c1-3-9-25-17(12-19(27)24-14-6-4-5-13(22)10-14)20(28)26(21(25)30)15-7-8-18(29-2)16(23)11-15/h3-8,10-11,17H,1,9,12H2,2H3,(H,24,27)/t17-/m1/s1. The number of methoxy groups -OCH3 is 1. The molecule has 1 N–H and O–H groups in total. The Morgan fingerprint density at radius 1 is 1.30 bits per heavy atom. The first-order valence-corrected chi connectivity index (χ1v) is 10.2. The third-order valence-corrected chi connectivity index (χ3v) is 5.47. The summed E-state index contributed by atoms with van der Waals surface area (Å²) in [5, 5.41) is 3.89. The summed E-state index contributed by atoms with van der Waals surface area (Å²) in [6, 6.07) is 11.0. The van der Waals surface area contributed by atoms with Gasteiger partial charge < -0.3 is 15.0 Å². The van der Waals surface area contributed by atoms with Crippen molar-refractivity contribution < 1.29 is 14.3 Å². The molecule has 0 radical (unpaired) electrons. The second-order valence-corrected chi connectivity index (χ2v) is 7.70. The predicted molar refractivity (Wildman–Crippen MR) is 123 cm³/mol. The van der Waals surface area contributed by atoms with E-state index in [0.717, 1.165) is 0 Å². The van der Waals surface area contributed by atoms with Gasteiger partial charge in [0.25, 0.3) is 5.91 Å². The van der Waals surface area contributed by atoms with Gasteiger partial charge in [0.1, 0.15) is 11.8 Å². The lowest BCUT2D eigenvalue weighted by molar-refractivity contribution is -0.124. The van der Waals surface area contributed by atoms with E-state index in [-0.39, 0.29) is 23.3 Å². The molecule has 30 heavy (non-hydrogen) atoms. The maximum absolute atomic E-state index is 13.2. The van der Waals surface area contributed by atoms with Crippen LogP contribution in [-0.2, 0) is 9.59 Å². The Morgan fingerprint density at radius 3 is 2.70 bits per heavy atom. The van der Waals surface area contributed by atoms with E-state index in [1.807, 2.05) is 0 Å². The Bertz CT molecular complexity index is 1010. The number of rotatable bonds is 7. The van der Waals surface area contributed by atoms with Crippen LogP contribution in [0, 0.1) is 0 Å². The lowest BCUT2D eigenvalue weighted by atomic mass is 10.1. The fourth-order valence-electron chi connectivity index (χ4n) is 3.17. The van der Waals surface area contributed by atoms with Gasteiger partial charge in [0, 0.05) is 17.3 Å². The number of hydrogen-bond acceptors (Lipinski definition) is 4. The van der Waals surface area contributed by atoms with Crippen molar-refractivity contribution in [1.29, 1.82) is 0 Å². The van der Waals surface area contributed by atoms with E-state index < -0.39 is 6.04 Å². The minimum Gasteiger partial charge on any atom is -0.495 e. The van der Waals surface area contributed by atoms with Crippen LogP contribution in [0.15, 0.2) is 55.1 Å². The molecule has 0 bridgehead atoms. The first kappa shape index (κ1) is 22.1. The first-order valence-electron chi connectivity index (χ1n) is 9.00. The highest BCUT2D eigenvalue weighted by Gasteiger charge is 2.43. The normalized spacial score (nSPS) is 16.0. The molecule has 9 heteroatoms. The summed E-state index contributed by atoms with van der Waals surface area (Å²) in [7, 11) is 1.51. The summed E-state index contributed by atoms with van der Waals surface area (Å²) >= 11 is 17.7. The van der Waals surface area contributed by atoms with Crippen molar-refractivity contribution in [2.45, 2.75) is 12.5 Å². The van der Waals surface area contributed by atoms with Gasteiger partial charge in [-0.25, -0.2) is 0 Å². The summed E-state index contributed by atoms with van der Waals surface area (Å²) in [4.78, 5) is 28.8. The van der Waals surface area contributed by atoms with E-state index in [1.165, 1.54) is 12.0 Å². The maximum atomic E-state index is 13.2.